The molecule has 5 nitrogen and oxygen atoms in total. The number of nitrogens with zero attached hydrogens (tertiary/aromatic N) is 4. The van der Waals surface area contributed by atoms with Gasteiger partial charge in [-0.15, -0.1) is 5.10 Å². The lowest BCUT2D eigenvalue weighted by molar-refractivity contribution is 0.421. The molecule has 0 unspecified atom stereocenters. The van der Waals surface area contributed by atoms with Gasteiger partial charge in [-0.2, -0.15) is 0 Å². The van der Waals surface area contributed by atoms with Crippen LogP contribution in [0.25, 0.3) is 0 Å². The van der Waals surface area contributed by atoms with E-state index in [0.717, 1.165) is 18.2 Å². The van der Waals surface area contributed by atoms with E-state index in [1.165, 1.54) is 25.7 Å². The van der Waals surface area contributed by atoms with Crippen molar-refractivity contribution >= 4 is 11.8 Å². The molecule has 0 spiro atoms. The Kier molecular flexibility index (Phi) is 2.62. The summed E-state index contributed by atoms with van der Waals surface area (Å²) in [6, 6.07) is 0.551. The van der Waals surface area contributed by atoms with E-state index in [1.807, 2.05) is 16.4 Å². The topological polar surface area (TPSA) is 55.6 Å². The highest BCUT2D eigenvalue weighted by Gasteiger charge is 2.25. The number of aromatic nitrogens is 4. The van der Waals surface area contributed by atoms with Crippen LogP contribution in [-0.2, 0) is 0 Å². The smallest absolute Gasteiger partial charge is 0.209 e. The minimum absolute atomic E-state index is 0.551. The Morgan fingerprint density at radius 3 is 2.73 bits per heavy atom. The maximum absolute atomic E-state index is 4.12. The van der Waals surface area contributed by atoms with E-state index in [4.69, 9.17) is 0 Å². The van der Waals surface area contributed by atoms with E-state index in [2.05, 4.69) is 20.8 Å². The van der Waals surface area contributed by atoms with Gasteiger partial charge in [0.25, 0.3) is 0 Å². The van der Waals surface area contributed by atoms with E-state index in [-0.39, 0.29) is 0 Å². The molecule has 2 heterocycles. The predicted octanol–water partition coefficient (Wildman–Crippen LogP) is 0.852. The molecule has 1 aliphatic carbocycles. The van der Waals surface area contributed by atoms with Crippen molar-refractivity contribution < 1.29 is 0 Å². The predicted molar refractivity (Wildman–Crippen MR) is 57.8 cm³/mol. The number of nitrogens with one attached hydrogen (secondary N) is 1. The van der Waals surface area contributed by atoms with Gasteiger partial charge in [-0.05, 0) is 23.3 Å². The first-order valence-corrected chi connectivity index (χ1v) is 6.46. The lowest BCUT2D eigenvalue weighted by Crippen LogP contribution is -2.44. The molecule has 0 bridgehead atoms. The highest BCUT2D eigenvalue weighted by molar-refractivity contribution is 7.99. The number of hydrogen-bond acceptors (Lipinski definition) is 5. The fourth-order valence-corrected chi connectivity index (χ4v) is 3.21. The first kappa shape index (κ1) is 9.59. The van der Waals surface area contributed by atoms with Crippen molar-refractivity contribution in [2.24, 2.45) is 0 Å². The fourth-order valence-electron chi connectivity index (χ4n) is 2.14. The van der Waals surface area contributed by atoms with Crippen LogP contribution in [-0.4, -0.2) is 38.5 Å². The second kappa shape index (κ2) is 4.09. The van der Waals surface area contributed by atoms with Crippen LogP contribution >= 0.6 is 11.8 Å². The van der Waals surface area contributed by atoms with Crippen molar-refractivity contribution in [2.45, 2.75) is 42.1 Å². The molecule has 0 amide bonds. The van der Waals surface area contributed by atoms with Crippen molar-refractivity contribution in [1.29, 1.82) is 0 Å². The molecular weight excluding hydrogens is 210 g/mol. The molecule has 2 aliphatic rings. The second-order valence-corrected chi connectivity index (χ2v) is 5.51. The summed E-state index contributed by atoms with van der Waals surface area (Å²) in [4.78, 5) is 0. The van der Waals surface area contributed by atoms with Crippen molar-refractivity contribution in [3.05, 3.63) is 0 Å². The summed E-state index contributed by atoms with van der Waals surface area (Å²) in [6.45, 7) is 2.17. The molecule has 6 heteroatoms. The minimum Gasteiger partial charge on any atom is -0.314 e. The molecule has 1 aromatic rings. The summed E-state index contributed by atoms with van der Waals surface area (Å²) < 4.78 is 2.04. The Balaban J connectivity index is 1.72. The van der Waals surface area contributed by atoms with E-state index in [9.17, 15) is 0 Å². The molecule has 15 heavy (non-hydrogen) atoms. The maximum Gasteiger partial charge on any atom is 0.209 e. The molecular formula is C9H15N5S. The molecule has 1 aliphatic heterocycles. The van der Waals surface area contributed by atoms with Gasteiger partial charge in [-0.25, -0.2) is 4.68 Å². The second-order valence-electron chi connectivity index (χ2n) is 4.24. The monoisotopic (exact) mass is 225 g/mol. The molecule has 0 radical (unpaired) electrons. The zero-order chi connectivity index (χ0) is 10.1. The zero-order valence-corrected chi connectivity index (χ0v) is 9.41. The maximum atomic E-state index is 4.12. The van der Waals surface area contributed by atoms with Crippen LogP contribution in [0.2, 0.25) is 0 Å². The van der Waals surface area contributed by atoms with Crippen LogP contribution in [0.15, 0.2) is 5.16 Å². The average molecular weight is 225 g/mol. The SMILES string of the molecule is C1CCC(n2nnnc2SC2CNC2)C1. The van der Waals surface area contributed by atoms with Crippen molar-refractivity contribution in [3.63, 3.8) is 0 Å². The molecule has 2 fully saturated rings. The Hall–Kier alpha value is -0.620. The van der Waals surface area contributed by atoms with Crippen LogP contribution in [0, 0.1) is 0 Å². The average Bonchev–Trinajstić information content (AvgIpc) is 2.81. The molecule has 1 saturated carbocycles. The number of thioether (sulfide) groups is 1. The Morgan fingerprint density at radius 1 is 1.27 bits per heavy atom. The molecule has 0 aromatic carbocycles. The van der Waals surface area contributed by atoms with Gasteiger partial charge < -0.3 is 5.32 Å². The highest BCUT2D eigenvalue weighted by atomic mass is 32.2. The van der Waals surface area contributed by atoms with E-state index in [1.54, 1.807) is 0 Å². The van der Waals surface area contributed by atoms with Gasteiger partial charge >= 0.3 is 0 Å². The summed E-state index contributed by atoms with van der Waals surface area (Å²) in [5.74, 6) is 0. The normalized spacial score (nSPS) is 23.2. The first-order valence-electron chi connectivity index (χ1n) is 5.59. The first-order chi connectivity index (χ1) is 7.43. The van der Waals surface area contributed by atoms with Crippen LogP contribution in [0.3, 0.4) is 0 Å². The van der Waals surface area contributed by atoms with Gasteiger partial charge in [-0.3, -0.25) is 0 Å². The number of rotatable bonds is 3. The van der Waals surface area contributed by atoms with Crippen LogP contribution in [0.1, 0.15) is 31.7 Å². The molecule has 1 N–H and O–H groups in total. The molecule has 3 rings (SSSR count). The van der Waals surface area contributed by atoms with Gasteiger partial charge in [-0.1, -0.05) is 24.6 Å². The Bertz CT molecular complexity index is 329. The van der Waals surface area contributed by atoms with Gasteiger partial charge in [0.1, 0.15) is 0 Å². The minimum atomic E-state index is 0.551. The molecule has 1 aromatic heterocycles. The molecule has 82 valence electrons. The lowest BCUT2D eigenvalue weighted by atomic mass is 10.3. The van der Waals surface area contributed by atoms with Crippen LogP contribution in [0.4, 0.5) is 0 Å². The fraction of sp³-hybridized carbons (Fsp3) is 0.889. The third kappa shape index (κ3) is 1.88. The van der Waals surface area contributed by atoms with E-state index in [0.29, 0.717) is 11.3 Å². The quantitative estimate of drug-likeness (QED) is 0.826. The van der Waals surface area contributed by atoms with E-state index < -0.39 is 0 Å². The summed E-state index contributed by atoms with van der Waals surface area (Å²) in [6.07, 6.45) is 5.11. The van der Waals surface area contributed by atoms with Gasteiger partial charge in [0.15, 0.2) is 0 Å². The lowest BCUT2D eigenvalue weighted by Gasteiger charge is -2.25. The zero-order valence-electron chi connectivity index (χ0n) is 8.59. The Morgan fingerprint density at radius 2 is 2.07 bits per heavy atom. The van der Waals surface area contributed by atoms with Crippen molar-refractivity contribution in [2.75, 3.05) is 13.1 Å². The van der Waals surface area contributed by atoms with Crippen LogP contribution in [0.5, 0.6) is 0 Å². The van der Waals surface area contributed by atoms with Crippen molar-refractivity contribution in [1.82, 2.24) is 25.5 Å². The summed E-state index contributed by atoms with van der Waals surface area (Å²) in [5.41, 5.74) is 0. The summed E-state index contributed by atoms with van der Waals surface area (Å²) in [7, 11) is 0. The van der Waals surface area contributed by atoms with Gasteiger partial charge in [0.05, 0.1) is 6.04 Å². The van der Waals surface area contributed by atoms with E-state index >= 15 is 0 Å². The third-order valence-corrected chi connectivity index (χ3v) is 4.30. The Labute approximate surface area is 93.0 Å². The number of tetrazole rings is 1. The van der Waals surface area contributed by atoms with Crippen molar-refractivity contribution in [3.8, 4) is 0 Å². The van der Waals surface area contributed by atoms with Crippen LogP contribution < -0.4 is 5.32 Å². The highest BCUT2D eigenvalue weighted by Crippen LogP contribution is 2.32. The molecule has 1 saturated heterocycles. The summed E-state index contributed by atoms with van der Waals surface area (Å²) in [5, 5.41) is 17.0. The standard InChI is InChI=1S/C9H15N5S/c1-2-4-7(3-1)14-9(11-12-13-14)15-8-5-10-6-8/h7-8,10H,1-6H2. The summed E-state index contributed by atoms with van der Waals surface area (Å²) >= 11 is 1.81. The van der Waals surface area contributed by atoms with Gasteiger partial charge in [0, 0.05) is 18.3 Å². The van der Waals surface area contributed by atoms with Gasteiger partial charge in [0.2, 0.25) is 5.16 Å². The molecule has 0 atom stereocenters. The number of hydrogen-bond donors (Lipinski definition) is 1. The largest absolute Gasteiger partial charge is 0.314 e. The third-order valence-electron chi connectivity index (χ3n) is 3.15.